The minimum Gasteiger partial charge on any atom is -0.440 e. The minimum atomic E-state index is -0.431. The molecule has 0 amide bonds. The van der Waals surface area contributed by atoms with Crippen LogP contribution >= 0.6 is 11.6 Å². The summed E-state index contributed by atoms with van der Waals surface area (Å²) < 4.78 is 5.70. The molecule has 0 atom stereocenters. The van der Waals surface area contributed by atoms with E-state index in [0.29, 0.717) is 34.0 Å². The number of rotatable bonds is 3. The van der Waals surface area contributed by atoms with Gasteiger partial charge in [-0.1, -0.05) is 23.7 Å². The second-order valence-corrected chi connectivity index (χ2v) is 5.22. The summed E-state index contributed by atoms with van der Waals surface area (Å²) in [5.41, 5.74) is 2.83. The lowest BCUT2D eigenvalue weighted by molar-refractivity contribution is -0.384. The molecule has 3 aromatic rings. The Bertz CT molecular complexity index is 825. The van der Waals surface area contributed by atoms with Gasteiger partial charge in [0, 0.05) is 29.1 Å². The van der Waals surface area contributed by atoms with Crippen molar-refractivity contribution in [1.29, 1.82) is 0 Å². The number of halogens is 1. The molecule has 106 valence electrons. The van der Waals surface area contributed by atoms with E-state index in [2.05, 4.69) is 4.98 Å². The Morgan fingerprint density at radius 1 is 1.29 bits per heavy atom. The molecule has 0 aliphatic heterocycles. The van der Waals surface area contributed by atoms with Crippen molar-refractivity contribution in [3.8, 4) is 0 Å². The van der Waals surface area contributed by atoms with E-state index >= 15 is 0 Å². The van der Waals surface area contributed by atoms with E-state index < -0.39 is 4.92 Å². The van der Waals surface area contributed by atoms with Gasteiger partial charge in [-0.2, -0.15) is 0 Å². The van der Waals surface area contributed by atoms with E-state index in [1.165, 1.54) is 12.1 Å². The van der Waals surface area contributed by atoms with Crippen LogP contribution in [0, 0.1) is 17.0 Å². The number of non-ortho nitro benzene ring substituents is 1. The van der Waals surface area contributed by atoms with E-state index in [0.717, 1.165) is 5.56 Å². The number of nitro groups is 1. The quantitative estimate of drug-likeness (QED) is 0.534. The number of oxazole rings is 1. The van der Waals surface area contributed by atoms with E-state index in [1.54, 1.807) is 19.1 Å². The Balaban J connectivity index is 1.99. The highest BCUT2D eigenvalue weighted by molar-refractivity contribution is 6.30. The van der Waals surface area contributed by atoms with Gasteiger partial charge in [0.2, 0.25) is 0 Å². The van der Waals surface area contributed by atoms with Gasteiger partial charge in [-0.3, -0.25) is 10.1 Å². The lowest BCUT2D eigenvalue weighted by Gasteiger charge is -1.97. The fourth-order valence-corrected chi connectivity index (χ4v) is 2.31. The number of hydrogen-bond donors (Lipinski definition) is 0. The van der Waals surface area contributed by atoms with Crippen LogP contribution in [0.3, 0.4) is 0 Å². The first-order chi connectivity index (χ1) is 10.0. The number of nitrogens with zero attached hydrogens (tertiary/aromatic N) is 2. The third-order valence-corrected chi connectivity index (χ3v) is 3.44. The van der Waals surface area contributed by atoms with Gasteiger partial charge in [0.05, 0.1) is 4.92 Å². The van der Waals surface area contributed by atoms with Crippen molar-refractivity contribution in [2.75, 3.05) is 0 Å². The lowest BCUT2D eigenvalue weighted by atomic mass is 10.1. The summed E-state index contributed by atoms with van der Waals surface area (Å²) in [4.78, 5) is 14.8. The lowest BCUT2D eigenvalue weighted by Crippen LogP contribution is -1.89. The molecule has 0 bridgehead atoms. The molecule has 0 aliphatic carbocycles. The molecule has 0 unspecified atom stereocenters. The summed E-state index contributed by atoms with van der Waals surface area (Å²) in [6, 6.07) is 10.3. The SMILES string of the molecule is Cc1cc([N+](=O)[O-])cc2nc(Cc3ccc(Cl)cc3)oc12. The fraction of sp³-hybridized carbons (Fsp3) is 0.133. The van der Waals surface area contributed by atoms with Gasteiger partial charge in [0.15, 0.2) is 11.5 Å². The molecule has 0 saturated carbocycles. The number of benzene rings is 2. The summed E-state index contributed by atoms with van der Waals surface area (Å²) >= 11 is 5.84. The second kappa shape index (κ2) is 5.18. The monoisotopic (exact) mass is 302 g/mol. The van der Waals surface area contributed by atoms with Gasteiger partial charge in [-0.25, -0.2) is 4.98 Å². The van der Waals surface area contributed by atoms with Crippen molar-refractivity contribution in [3.05, 3.63) is 68.6 Å². The maximum atomic E-state index is 10.9. The van der Waals surface area contributed by atoms with Crippen LogP contribution in [0.4, 0.5) is 5.69 Å². The zero-order chi connectivity index (χ0) is 15.0. The standard InChI is InChI=1S/C15H11ClN2O3/c1-9-6-12(18(19)20)8-13-15(9)21-14(17-13)7-10-2-4-11(16)5-3-10/h2-6,8H,7H2,1H3. The van der Waals surface area contributed by atoms with Gasteiger partial charge in [-0.15, -0.1) is 0 Å². The van der Waals surface area contributed by atoms with E-state index in [9.17, 15) is 10.1 Å². The average molecular weight is 303 g/mol. The van der Waals surface area contributed by atoms with Crippen molar-refractivity contribution < 1.29 is 9.34 Å². The van der Waals surface area contributed by atoms with Gasteiger partial charge < -0.3 is 4.42 Å². The maximum Gasteiger partial charge on any atom is 0.272 e. The molecule has 0 aliphatic rings. The molecule has 0 spiro atoms. The third kappa shape index (κ3) is 2.73. The number of hydrogen-bond acceptors (Lipinski definition) is 4. The van der Waals surface area contributed by atoms with Gasteiger partial charge in [0.25, 0.3) is 5.69 Å². The second-order valence-electron chi connectivity index (χ2n) is 4.78. The molecular formula is C15H11ClN2O3. The zero-order valence-corrected chi connectivity index (χ0v) is 11.9. The summed E-state index contributed by atoms with van der Waals surface area (Å²) in [5, 5.41) is 11.5. The van der Waals surface area contributed by atoms with Gasteiger partial charge in [0.1, 0.15) is 5.52 Å². The van der Waals surface area contributed by atoms with Gasteiger partial charge in [-0.05, 0) is 24.6 Å². The van der Waals surface area contributed by atoms with Crippen LogP contribution in [-0.4, -0.2) is 9.91 Å². The van der Waals surface area contributed by atoms with Crippen molar-refractivity contribution in [1.82, 2.24) is 4.98 Å². The summed E-state index contributed by atoms with van der Waals surface area (Å²) in [5.74, 6) is 0.524. The predicted molar refractivity (Wildman–Crippen MR) is 79.7 cm³/mol. The molecule has 1 heterocycles. The molecule has 6 heteroatoms. The van der Waals surface area contributed by atoms with Crippen molar-refractivity contribution in [3.63, 3.8) is 0 Å². The Hall–Kier alpha value is -2.40. The number of nitro benzene ring substituents is 1. The zero-order valence-electron chi connectivity index (χ0n) is 11.2. The highest BCUT2D eigenvalue weighted by Crippen LogP contribution is 2.26. The highest BCUT2D eigenvalue weighted by atomic mass is 35.5. The molecule has 1 aromatic heterocycles. The molecule has 0 saturated heterocycles. The van der Waals surface area contributed by atoms with Crippen molar-refractivity contribution >= 4 is 28.4 Å². The van der Waals surface area contributed by atoms with Crippen molar-refractivity contribution in [2.24, 2.45) is 0 Å². The molecule has 0 N–H and O–H groups in total. The van der Waals surface area contributed by atoms with Crippen LogP contribution < -0.4 is 0 Å². The normalized spacial score (nSPS) is 11.0. The van der Waals surface area contributed by atoms with Crippen LogP contribution in [0.5, 0.6) is 0 Å². The minimum absolute atomic E-state index is 0.0198. The highest BCUT2D eigenvalue weighted by Gasteiger charge is 2.15. The van der Waals surface area contributed by atoms with Crippen LogP contribution in [0.2, 0.25) is 5.02 Å². The van der Waals surface area contributed by atoms with Crippen molar-refractivity contribution in [2.45, 2.75) is 13.3 Å². The van der Waals surface area contributed by atoms with Gasteiger partial charge >= 0.3 is 0 Å². The largest absolute Gasteiger partial charge is 0.440 e. The number of fused-ring (bicyclic) bond motifs is 1. The van der Waals surface area contributed by atoms with Crippen LogP contribution in [-0.2, 0) is 6.42 Å². The van der Waals surface area contributed by atoms with E-state index in [1.807, 2.05) is 12.1 Å². The predicted octanol–water partition coefficient (Wildman–Crippen LogP) is 4.29. The van der Waals surface area contributed by atoms with E-state index in [4.69, 9.17) is 16.0 Å². The van der Waals surface area contributed by atoms with Crippen LogP contribution in [0.1, 0.15) is 17.0 Å². The molecule has 0 fully saturated rings. The Morgan fingerprint density at radius 3 is 2.67 bits per heavy atom. The topological polar surface area (TPSA) is 69.2 Å². The first-order valence-electron chi connectivity index (χ1n) is 6.32. The fourth-order valence-electron chi connectivity index (χ4n) is 2.19. The Labute approximate surface area is 125 Å². The number of aryl methyl sites for hydroxylation is 1. The molecule has 21 heavy (non-hydrogen) atoms. The van der Waals surface area contributed by atoms with Crippen LogP contribution in [0.15, 0.2) is 40.8 Å². The summed E-state index contributed by atoms with van der Waals surface area (Å²) in [6.07, 6.45) is 0.513. The van der Waals surface area contributed by atoms with Crippen LogP contribution in [0.25, 0.3) is 11.1 Å². The molecule has 0 radical (unpaired) electrons. The average Bonchev–Trinajstić information content (AvgIpc) is 2.84. The molecule has 5 nitrogen and oxygen atoms in total. The molecule has 3 rings (SSSR count). The summed E-state index contributed by atoms with van der Waals surface area (Å²) in [6.45, 7) is 1.77. The molecular weight excluding hydrogens is 292 g/mol. The first kappa shape index (κ1) is 13.6. The van der Waals surface area contributed by atoms with E-state index in [-0.39, 0.29) is 5.69 Å². The molecule has 2 aromatic carbocycles. The smallest absolute Gasteiger partial charge is 0.272 e. The Kier molecular flexibility index (Phi) is 3.35. The first-order valence-corrected chi connectivity index (χ1v) is 6.69. The third-order valence-electron chi connectivity index (χ3n) is 3.18. The number of aromatic nitrogens is 1. The summed E-state index contributed by atoms with van der Waals surface area (Å²) in [7, 11) is 0. The maximum absolute atomic E-state index is 10.9. The Morgan fingerprint density at radius 2 is 2.00 bits per heavy atom.